The molecule has 0 radical (unpaired) electrons. The van der Waals surface area contributed by atoms with Crippen molar-refractivity contribution in [2.75, 3.05) is 13.6 Å². The Morgan fingerprint density at radius 2 is 2.19 bits per heavy atom. The van der Waals surface area contributed by atoms with Gasteiger partial charge < -0.3 is 10.2 Å². The number of aromatic nitrogens is 4. The Kier molecular flexibility index (Phi) is 5.98. The van der Waals surface area contributed by atoms with E-state index in [0.717, 1.165) is 36.5 Å². The highest BCUT2D eigenvalue weighted by Gasteiger charge is 2.18. The van der Waals surface area contributed by atoms with Crippen molar-refractivity contribution in [3.63, 3.8) is 0 Å². The normalized spacial score (nSPS) is 17.3. The molecular formula is C19H28N6O. The van der Waals surface area contributed by atoms with E-state index in [9.17, 15) is 4.79 Å². The zero-order valence-corrected chi connectivity index (χ0v) is 15.9. The van der Waals surface area contributed by atoms with Gasteiger partial charge in [0.05, 0.1) is 18.4 Å². The van der Waals surface area contributed by atoms with Crippen LogP contribution in [-0.4, -0.2) is 50.4 Å². The molecule has 26 heavy (non-hydrogen) atoms. The van der Waals surface area contributed by atoms with Gasteiger partial charge in [-0.1, -0.05) is 11.6 Å². The van der Waals surface area contributed by atoms with Gasteiger partial charge in [0.25, 0.3) is 5.91 Å². The molecule has 1 fully saturated rings. The molecule has 0 saturated carbocycles. The minimum atomic E-state index is -0.131. The molecule has 3 rings (SSSR count). The summed E-state index contributed by atoms with van der Waals surface area (Å²) in [4.78, 5) is 18.7. The van der Waals surface area contributed by atoms with Crippen LogP contribution in [-0.2, 0) is 13.1 Å². The van der Waals surface area contributed by atoms with Crippen LogP contribution in [0.5, 0.6) is 0 Å². The van der Waals surface area contributed by atoms with E-state index in [-0.39, 0.29) is 5.91 Å². The van der Waals surface area contributed by atoms with Crippen molar-refractivity contribution in [2.24, 2.45) is 0 Å². The zero-order chi connectivity index (χ0) is 18.5. The minimum absolute atomic E-state index is 0.131. The van der Waals surface area contributed by atoms with Crippen LogP contribution in [0.25, 0.3) is 0 Å². The van der Waals surface area contributed by atoms with Gasteiger partial charge in [-0.2, -0.15) is 0 Å². The number of pyridine rings is 1. The minimum Gasteiger partial charge on any atom is -0.334 e. The second-order valence-electron chi connectivity index (χ2n) is 7.24. The lowest BCUT2D eigenvalue weighted by Gasteiger charge is -2.23. The van der Waals surface area contributed by atoms with Crippen LogP contribution >= 0.6 is 0 Å². The third-order valence-electron chi connectivity index (χ3n) is 4.77. The average Bonchev–Trinajstić information content (AvgIpc) is 3.08. The van der Waals surface area contributed by atoms with Gasteiger partial charge in [0.2, 0.25) is 0 Å². The van der Waals surface area contributed by atoms with Gasteiger partial charge in [-0.25, -0.2) is 0 Å². The summed E-state index contributed by atoms with van der Waals surface area (Å²) in [6.45, 7) is 6.33. The number of aryl methyl sites for hydroxylation is 3. The Bertz CT molecular complexity index is 730. The number of carbonyl (C=O) groups is 1. The monoisotopic (exact) mass is 356 g/mol. The standard InChI is InChI=1S/C19H28N6O/c1-14-10-15(2)21-17(11-14)12-24(3)19(26)18-13-25(23-22-18)9-7-16-6-4-5-8-20-16/h10-11,13,16,20H,4-9,12H2,1-3H3/t16-/m1/s1. The topological polar surface area (TPSA) is 75.9 Å². The SMILES string of the molecule is Cc1cc(C)nc(CN(C)C(=O)c2cn(CC[C@H]3CCCCN3)nn2)c1. The Labute approximate surface area is 154 Å². The second-order valence-corrected chi connectivity index (χ2v) is 7.24. The van der Waals surface area contributed by atoms with Crippen LogP contribution in [0.2, 0.25) is 0 Å². The van der Waals surface area contributed by atoms with Gasteiger partial charge in [-0.05, 0) is 57.4 Å². The van der Waals surface area contributed by atoms with Gasteiger partial charge in [0.1, 0.15) is 0 Å². The second kappa shape index (κ2) is 8.40. The van der Waals surface area contributed by atoms with E-state index >= 15 is 0 Å². The van der Waals surface area contributed by atoms with Crippen LogP contribution in [0.3, 0.4) is 0 Å². The summed E-state index contributed by atoms with van der Waals surface area (Å²) < 4.78 is 1.77. The fraction of sp³-hybridized carbons (Fsp3) is 0.579. The molecule has 1 atom stereocenters. The van der Waals surface area contributed by atoms with E-state index in [4.69, 9.17) is 0 Å². The number of nitrogens with one attached hydrogen (secondary N) is 1. The molecule has 7 heteroatoms. The Morgan fingerprint density at radius 1 is 1.35 bits per heavy atom. The van der Waals surface area contributed by atoms with E-state index in [1.54, 1.807) is 22.8 Å². The molecule has 1 amide bonds. The van der Waals surface area contributed by atoms with E-state index in [1.807, 2.05) is 26.0 Å². The molecule has 2 aromatic heterocycles. The van der Waals surface area contributed by atoms with Crippen molar-refractivity contribution in [1.29, 1.82) is 0 Å². The van der Waals surface area contributed by atoms with E-state index in [2.05, 4.69) is 20.6 Å². The quantitative estimate of drug-likeness (QED) is 0.858. The lowest BCUT2D eigenvalue weighted by molar-refractivity contribution is 0.0777. The highest BCUT2D eigenvalue weighted by Crippen LogP contribution is 2.12. The van der Waals surface area contributed by atoms with Crippen molar-refractivity contribution in [3.8, 4) is 0 Å². The fourth-order valence-corrected chi connectivity index (χ4v) is 3.48. The first-order valence-electron chi connectivity index (χ1n) is 9.34. The van der Waals surface area contributed by atoms with Crippen LogP contribution in [0.15, 0.2) is 18.3 Å². The number of hydrogen-bond donors (Lipinski definition) is 1. The molecular weight excluding hydrogens is 328 g/mol. The first kappa shape index (κ1) is 18.5. The highest BCUT2D eigenvalue weighted by atomic mass is 16.2. The summed E-state index contributed by atoms with van der Waals surface area (Å²) in [5.41, 5.74) is 3.38. The van der Waals surface area contributed by atoms with Crippen LogP contribution < -0.4 is 5.32 Å². The molecule has 0 aliphatic carbocycles. The van der Waals surface area contributed by atoms with E-state index in [0.29, 0.717) is 18.3 Å². The Balaban J connectivity index is 1.56. The van der Waals surface area contributed by atoms with Crippen molar-refractivity contribution in [3.05, 3.63) is 41.0 Å². The molecule has 7 nitrogen and oxygen atoms in total. The summed E-state index contributed by atoms with van der Waals surface area (Å²) in [6.07, 6.45) is 6.53. The number of nitrogens with zero attached hydrogens (tertiary/aromatic N) is 5. The highest BCUT2D eigenvalue weighted by molar-refractivity contribution is 5.91. The molecule has 1 saturated heterocycles. The predicted molar refractivity (Wildman–Crippen MR) is 99.8 cm³/mol. The zero-order valence-electron chi connectivity index (χ0n) is 15.9. The molecule has 2 aromatic rings. The summed E-state index contributed by atoms with van der Waals surface area (Å²) in [5, 5.41) is 11.7. The summed E-state index contributed by atoms with van der Waals surface area (Å²) in [7, 11) is 1.77. The smallest absolute Gasteiger partial charge is 0.276 e. The van der Waals surface area contributed by atoms with Crippen molar-refractivity contribution in [2.45, 2.75) is 58.7 Å². The molecule has 1 aliphatic heterocycles. The van der Waals surface area contributed by atoms with E-state index < -0.39 is 0 Å². The third kappa shape index (κ3) is 4.88. The maximum Gasteiger partial charge on any atom is 0.276 e. The summed E-state index contributed by atoms with van der Waals surface area (Å²) >= 11 is 0. The number of hydrogen-bond acceptors (Lipinski definition) is 5. The van der Waals surface area contributed by atoms with Crippen molar-refractivity contribution < 1.29 is 4.79 Å². The van der Waals surface area contributed by atoms with E-state index in [1.165, 1.54) is 19.3 Å². The van der Waals surface area contributed by atoms with Gasteiger partial charge in [-0.3, -0.25) is 14.5 Å². The molecule has 140 valence electrons. The molecule has 0 aromatic carbocycles. The predicted octanol–water partition coefficient (Wildman–Crippen LogP) is 2.09. The first-order chi connectivity index (χ1) is 12.5. The van der Waals surface area contributed by atoms with Crippen molar-refractivity contribution in [1.82, 2.24) is 30.2 Å². The van der Waals surface area contributed by atoms with Gasteiger partial charge in [0, 0.05) is 25.3 Å². The lowest BCUT2D eigenvalue weighted by atomic mass is 10.0. The number of piperidine rings is 1. The Morgan fingerprint density at radius 3 is 2.92 bits per heavy atom. The van der Waals surface area contributed by atoms with Gasteiger partial charge in [0.15, 0.2) is 5.69 Å². The number of amides is 1. The number of carbonyl (C=O) groups excluding carboxylic acids is 1. The number of rotatable bonds is 6. The largest absolute Gasteiger partial charge is 0.334 e. The lowest BCUT2D eigenvalue weighted by Crippen LogP contribution is -2.34. The summed E-state index contributed by atoms with van der Waals surface area (Å²) in [6, 6.07) is 4.58. The van der Waals surface area contributed by atoms with Crippen LogP contribution in [0.4, 0.5) is 0 Å². The molecule has 0 unspecified atom stereocenters. The maximum absolute atomic E-state index is 12.6. The molecule has 0 bridgehead atoms. The average molecular weight is 356 g/mol. The molecule has 3 heterocycles. The van der Waals surface area contributed by atoms with Gasteiger partial charge >= 0.3 is 0 Å². The Hall–Kier alpha value is -2.28. The molecule has 1 aliphatic rings. The molecule has 1 N–H and O–H groups in total. The van der Waals surface area contributed by atoms with Crippen LogP contribution in [0.1, 0.15) is 53.1 Å². The maximum atomic E-state index is 12.6. The van der Waals surface area contributed by atoms with Crippen molar-refractivity contribution >= 4 is 5.91 Å². The third-order valence-corrected chi connectivity index (χ3v) is 4.77. The fourth-order valence-electron chi connectivity index (χ4n) is 3.48. The first-order valence-corrected chi connectivity index (χ1v) is 9.34. The van der Waals surface area contributed by atoms with Gasteiger partial charge in [-0.15, -0.1) is 5.10 Å². The summed E-state index contributed by atoms with van der Waals surface area (Å²) in [5.74, 6) is -0.131. The molecule has 0 spiro atoms. The van der Waals surface area contributed by atoms with Crippen LogP contribution in [0, 0.1) is 13.8 Å².